The minimum absolute atomic E-state index is 0.0592. The van der Waals surface area contributed by atoms with Crippen molar-refractivity contribution in [1.29, 1.82) is 0 Å². The number of ether oxygens (including phenoxy) is 1. The highest BCUT2D eigenvalue weighted by Crippen LogP contribution is 2.45. The number of hydrogen-bond donors (Lipinski definition) is 0. The van der Waals surface area contributed by atoms with Gasteiger partial charge in [-0.25, -0.2) is 4.79 Å². The third-order valence-electron chi connectivity index (χ3n) is 8.16. The lowest BCUT2D eigenvalue weighted by molar-refractivity contribution is 0.0538. The van der Waals surface area contributed by atoms with Crippen LogP contribution in [-0.2, 0) is 4.74 Å². The van der Waals surface area contributed by atoms with Crippen molar-refractivity contribution in [1.82, 2.24) is 9.88 Å². The maximum absolute atomic E-state index is 13.5. The van der Waals surface area contributed by atoms with Crippen LogP contribution in [0.25, 0.3) is 27.5 Å². The second-order valence-electron chi connectivity index (χ2n) is 10.1. The summed E-state index contributed by atoms with van der Waals surface area (Å²) in [7, 11) is 0. The molecule has 2 atom stereocenters. The summed E-state index contributed by atoms with van der Waals surface area (Å²) in [6.07, 6.45) is 7.90. The van der Waals surface area contributed by atoms with Gasteiger partial charge in [0.05, 0.1) is 11.7 Å². The fourth-order valence-electron chi connectivity index (χ4n) is 6.53. The Bertz CT molecular complexity index is 1460. The standard InChI is InChI=1S/C32H28N2O2/c35-32(36-20-30-28-14-5-3-12-26(28)27-13-4-6-15-29(27)30)34-23-9-7-10-24(34)19-22(18-23)31-25-11-2-1-8-21(25)16-17-33-31/h1-6,8,11-18,23-24,30H,7,9-10,19-20H2. The molecule has 1 aromatic heterocycles. The normalized spacial score (nSPS) is 20.6. The quantitative estimate of drug-likeness (QED) is 0.317. The Labute approximate surface area is 211 Å². The lowest BCUT2D eigenvalue weighted by Gasteiger charge is -2.44. The van der Waals surface area contributed by atoms with Crippen LogP contribution in [0.1, 0.15) is 48.4 Å². The van der Waals surface area contributed by atoms with E-state index in [4.69, 9.17) is 9.72 Å². The van der Waals surface area contributed by atoms with Crippen LogP contribution in [0, 0.1) is 0 Å². The average molecular weight is 473 g/mol. The van der Waals surface area contributed by atoms with Gasteiger partial charge in [-0.3, -0.25) is 9.88 Å². The van der Waals surface area contributed by atoms with E-state index in [9.17, 15) is 4.79 Å². The van der Waals surface area contributed by atoms with Crippen LogP contribution >= 0.6 is 0 Å². The van der Waals surface area contributed by atoms with Gasteiger partial charge in [0.1, 0.15) is 6.61 Å². The molecule has 4 aromatic rings. The first-order valence-electron chi connectivity index (χ1n) is 13.0. The van der Waals surface area contributed by atoms with E-state index in [1.165, 1.54) is 38.6 Å². The lowest BCUT2D eigenvalue weighted by Crippen LogP contribution is -2.52. The second kappa shape index (κ2) is 8.63. The Kier molecular flexibility index (Phi) is 5.12. The highest BCUT2D eigenvalue weighted by Gasteiger charge is 2.39. The van der Waals surface area contributed by atoms with E-state index in [1.807, 2.05) is 11.1 Å². The Hall–Kier alpha value is -3.92. The van der Waals surface area contributed by atoms with Crippen LogP contribution in [-0.4, -0.2) is 34.7 Å². The summed E-state index contributed by atoms with van der Waals surface area (Å²) in [5.41, 5.74) is 7.30. The van der Waals surface area contributed by atoms with Gasteiger partial charge in [0.25, 0.3) is 0 Å². The molecule has 3 heterocycles. The van der Waals surface area contributed by atoms with Crippen molar-refractivity contribution in [2.24, 2.45) is 0 Å². The molecule has 0 radical (unpaired) electrons. The molecule has 2 unspecified atom stereocenters. The first-order valence-corrected chi connectivity index (χ1v) is 13.0. The zero-order valence-corrected chi connectivity index (χ0v) is 20.1. The molecule has 2 bridgehead atoms. The Balaban J connectivity index is 1.14. The van der Waals surface area contributed by atoms with Crippen molar-refractivity contribution in [3.8, 4) is 11.1 Å². The Morgan fingerprint density at radius 3 is 2.39 bits per heavy atom. The maximum Gasteiger partial charge on any atom is 0.410 e. The monoisotopic (exact) mass is 472 g/mol. The molecule has 0 saturated carbocycles. The zero-order valence-electron chi connectivity index (χ0n) is 20.1. The highest BCUT2D eigenvalue weighted by atomic mass is 16.6. The third-order valence-corrected chi connectivity index (χ3v) is 8.16. The summed E-state index contributed by atoms with van der Waals surface area (Å²) in [6.45, 7) is 0.365. The number of carbonyl (C=O) groups is 1. The van der Waals surface area contributed by atoms with E-state index in [1.54, 1.807) is 0 Å². The average Bonchev–Trinajstić information content (AvgIpc) is 3.24. The molecule has 36 heavy (non-hydrogen) atoms. The van der Waals surface area contributed by atoms with Gasteiger partial charge in [-0.2, -0.15) is 0 Å². The van der Waals surface area contributed by atoms with Crippen molar-refractivity contribution in [2.45, 2.75) is 43.7 Å². The van der Waals surface area contributed by atoms with Crippen molar-refractivity contribution in [2.75, 3.05) is 6.61 Å². The molecule has 3 aromatic carbocycles. The SMILES string of the molecule is O=C(OCC1c2ccccc2-c2ccccc21)N1C2C=C(c3nccc4ccccc34)CC1CCC2. The smallest absolute Gasteiger partial charge is 0.410 e. The van der Waals surface area contributed by atoms with Crippen molar-refractivity contribution in [3.05, 3.63) is 108 Å². The minimum atomic E-state index is -0.187. The van der Waals surface area contributed by atoms with E-state index in [0.717, 1.165) is 31.4 Å². The molecule has 4 nitrogen and oxygen atoms in total. The molecule has 4 heteroatoms. The van der Waals surface area contributed by atoms with E-state index in [2.05, 4.69) is 84.9 Å². The number of piperidine rings is 1. The number of amides is 1. The van der Waals surface area contributed by atoms with Gasteiger partial charge in [-0.1, -0.05) is 78.9 Å². The molecule has 0 N–H and O–H groups in total. The number of hydrogen-bond acceptors (Lipinski definition) is 3. The molecule has 3 aliphatic rings. The number of rotatable bonds is 3. The fraction of sp³-hybridized carbons (Fsp3) is 0.250. The molecular formula is C32H28N2O2. The van der Waals surface area contributed by atoms with Gasteiger partial charge < -0.3 is 4.74 Å². The first kappa shape index (κ1) is 21.4. The lowest BCUT2D eigenvalue weighted by atomic mass is 9.83. The number of nitrogens with zero attached hydrogens (tertiary/aromatic N) is 2. The predicted octanol–water partition coefficient (Wildman–Crippen LogP) is 7.19. The first-order chi connectivity index (χ1) is 17.8. The molecule has 1 saturated heterocycles. The predicted molar refractivity (Wildman–Crippen MR) is 143 cm³/mol. The van der Waals surface area contributed by atoms with E-state index in [-0.39, 0.29) is 24.1 Å². The van der Waals surface area contributed by atoms with E-state index < -0.39 is 0 Å². The summed E-state index contributed by atoms with van der Waals surface area (Å²) >= 11 is 0. The third kappa shape index (κ3) is 3.43. The van der Waals surface area contributed by atoms with Crippen LogP contribution in [0.4, 0.5) is 4.79 Å². The summed E-state index contributed by atoms with van der Waals surface area (Å²) < 4.78 is 6.07. The van der Waals surface area contributed by atoms with E-state index >= 15 is 0 Å². The van der Waals surface area contributed by atoms with Gasteiger partial charge in [0, 0.05) is 23.5 Å². The largest absolute Gasteiger partial charge is 0.448 e. The maximum atomic E-state index is 13.5. The highest BCUT2D eigenvalue weighted by molar-refractivity contribution is 5.92. The van der Waals surface area contributed by atoms with Crippen molar-refractivity contribution < 1.29 is 9.53 Å². The van der Waals surface area contributed by atoms with Crippen LogP contribution in [0.3, 0.4) is 0 Å². The number of fused-ring (bicyclic) bond motifs is 6. The molecule has 7 rings (SSSR count). The van der Waals surface area contributed by atoms with Gasteiger partial charge in [-0.15, -0.1) is 0 Å². The molecule has 2 aliphatic heterocycles. The van der Waals surface area contributed by atoms with Gasteiger partial charge in [0.15, 0.2) is 0 Å². The molecule has 1 amide bonds. The zero-order chi connectivity index (χ0) is 24.1. The molecule has 1 aliphatic carbocycles. The molecular weight excluding hydrogens is 444 g/mol. The van der Waals surface area contributed by atoms with Gasteiger partial charge >= 0.3 is 6.09 Å². The number of pyridine rings is 1. The fourth-order valence-corrected chi connectivity index (χ4v) is 6.53. The van der Waals surface area contributed by atoms with Crippen molar-refractivity contribution >= 4 is 22.4 Å². The number of benzene rings is 3. The van der Waals surface area contributed by atoms with Crippen LogP contribution in [0.5, 0.6) is 0 Å². The summed E-state index contributed by atoms with van der Waals surface area (Å²) in [6, 6.07) is 27.6. The van der Waals surface area contributed by atoms with Gasteiger partial charge in [-0.05, 0) is 65.0 Å². The van der Waals surface area contributed by atoms with E-state index in [0.29, 0.717) is 6.61 Å². The second-order valence-corrected chi connectivity index (χ2v) is 10.1. The molecule has 1 fully saturated rings. The molecule has 178 valence electrons. The summed E-state index contributed by atoms with van der Waals surface area (Å²) in [5, 5.41) is 2.38. The van der Waals surface area contributed by atoms with Gasteiger partial charge in [0.2, 0.25) is 0 Å². The van der Waals surface area contributed by atoms with Crippen LogP contribution in [0.2, 0.25) is 0 Å². The molecule has 0 spiro atoms. The summed E-state index contributed by atoms with van der Waals surface area (Å²) in [5.74, 6) is 0.0805. The number of aromatic nitrogens is 1. The Morgan fingerprint density at radius 2 is 1.61 bits per heavy atom. The van der Waals surface area contributed by atoms with Crippen LogP contribution < -0.4 is 0 Å². The van der Waals surface area contributed by atoms with Crippen molar-refractivity contribution in [3.63, 3.8) is 0 Å². The summed E-state index contributed by atoms with van der Waals surface area (Å²) in [4.78, 5) is 20.3. The van der Waals surface area contributed by atoms with Crippen LogP contribution in [0.15, 0.2) is 91.1 Å². The number of carbonyl (C=O) groups excluding carboxylic acids is 1. The minimum Gasteiger partial charge on any atom is -0.448 e. The Morgan fingerprint density at radius 1 is 0.889 bits per heavy atom. The topological polar surface area (TPSA) is 42.4 Å².